The number of carboxylic acid groups (broad SMARTS) is 1. The first-order valence-corrected chi connectivity index (χ1v) is 17.7. The number of thiophene rings is 1. The van der Waals surface area contributed by atoms with Gasteiger partial charge in [0.25, 0.3) is 0 Å². The van der Waals surface area contributed by atoms with Crippen molar-refractivity contribution in [3.63, 3.8) is 0 Å². The molecule has 0 unspecified atom stereocenters. The van der Waals surface area contributed by atoms with Crippen LogP contribution in [0.15, 0.2) is 90.5 Å². The van der Waals surface area contributed by atoms with E-state index in [0.29, 0.717) is 29.6 Å². The van der Waals surface area contributed by atoms with E-state index in [4.69, 9.17) is 9.47 Å². The summed E-state index contributed by atoms with van der Waals surface area (Å²) in [5.74, 6) is -0.118. The van der Waals surface area contributed by atoms with Crippen LogP contribution in [0.1, 0.15) is 80.5 Å². The van der Waals surface area contributed by atoms with Crippen molar-refractivity contribution in [1.29, 1.82) is 5.26 Å². The van der Waals surface area contributed by atoms with Gasteiger partial charge in [-0.1, -0.05) is 107 Å². The maximum absolute atomic E-state index is 11.8. The number of aliphatic carboxylic acids is 1. The molecule has 0 spiro atoms. The third-order valence-electron chi connectivity index (χ3n) is 8.77. The van der Waals surface area contributed by atoms with Gasteiger partial charge in [0.15, 0.2) is 11.5 Å². The fraction of sp³-hybridized carbons (Fsp3) is 0.317. The average Bonchev–Trinajstić information content (AvgIpc) is 3.33. The lowest BCUT2D eigenvalue weighted by Crippen LogP contribution is -2.33. The maximum atomic E-state index is 11.8. The summed E-state index contributed by atoms with van der Waals surface area (Å²) in [6, 6.07) is 30.8. The van der Waals surface area contributed by atoms with Crippen LogP contribution < -0.4 is 14.4 Å². The molecule has 3 aromatic carbocycles. The molecule has 1 aliphatic heterocycles. The molecule has 2 heterocycles. The number of nitriles is 1. The summed E-state index contributed by atoms with van der Waals surface area (Å²) >= 11 is 1.37. The van der Waals surface area contributed by atoms with E-state index in [1.807, 2.05) is 54.6 Å². The predicted molar refractivity (Wildman–Crippen MR) is 197 cm³/mol. The molecule has 0 bridgehead atoms. The van der Waals surface area contributed by atoms with Crippen molar-refractivity contribution < 1.29 is 19.4 Å². The number of fused-ring (bicyclic) bond motifs is 1. The van der Waals surface area contributed by atoms with Crippen LogP contribution in [0.4, 0.5) is 17.1 Å². The number of carbonyl (C=O) groups is 1. The zero-order chi connectivity index (χ0) is 33.8. The van der Waals surface area contributed by atoms with Gasteiger partial charge in [0, 0.05) is 22.5 Å². The van der Waals surface area contributed by atoms with Crippen molar-refractivity contribution >= 4 is 52.6 Å². The molecule has 4 aromatic rings. The van der Waals surface area contributed by atoms with Crippen LogP contribution >= 0.6 is 11.3 Å². The van der Waals surface area contributed by atoms with Gasteiger partial charge in [-0.15, -0.1) is 11.3 Å². The van der Waals surface area contributed by atoms with E-state index in [1.54, 1.807) is 0 Å². The highest BCUT2D eigenvalue weighted by molar-refractivity contribution is 7.14. The molecule has 0 atom stereocenters. The lowest BCUT2D eigenvalue weighted by atomic mass is 9.79. The molecule has 0 amide bonds. The topological polar surface area (TPSA) is 82.8 Å². The van der Waals surface area contributed by atoms with E-state index in [1.165, 1.54) is 17.4 Å². The second-order valence-corrected chi connectivity index (χ2v) is 13.5. The van der Waals surface area contributed by atoms with E-state index in [9.17, 15) is 15.2 Å². The Labute approximate surface area is 288 Å². The van der Waals surface area contributed by atoms with Crippen LogP contribution in [0, 0.1) is 16.7 Å². The van der Waals surface area contributed by atoms with Gasteiger partial charge in [-0.3, -0.25) is 0 Å². The van der Waals surface area contributed by atoms with Crippen molar-refractivity contribution in [2.75, 3.05) is 18.1 Å². The summed E-state index contributed by atoms with van der Waals surface area (Å²) < 4.78 is 13.2. The minimum Gasteiger partial charge on any atom is -0.487 e. The van der Waals surface area contributed by atoms with Crippen molar-refractivity contribution in [3.8, 4) is 17.6 Å². The number of carboxylic acids is 1. The number of hydrogen-bond donors (Lipinski definition) is 1. The van der Waals surface area contributed by atoms with Crippen LogP contribution in [-0.4, -0.2) is 24.3 Å². The smallest absolute Gasteiger partial charge is 0.346 e. The number of anilines is 3. The average molecular weight is 661 g/mol. The van der Waals surface area contributed by atoms with Crippen LogP contribution in [0.3, 0.4) is 0 Å². The standard InChI is InChI=1S/C41H44N2O4S/c1-3-5-13-25-41(26-14-6-4-2)29-46-38-36(48-37(39(38)47-30-41)27-32(28-42)40(44)45)24-21-31-19-22-35(23-20-31)43(33-15-9-7-10-16-33)34-17-11-8-12-18-34/h7-12,15-24,27H,3-6,13-14,25-26,29-30H2,1-2H3,(H,44,45)/b24-21+,32-27+. The Balaban J connectivity index is 1.45. The van der Waals surface area contributed by atoms with Gasteiger partial charge in [-0.25, -0.2) is 4.79 Å². The highest BCUT2D eigenvalue weighted by Gasteiger charge is 2.36. The van der Waals surface area contributed by atoms with Gasteiger partial charge < -0.3 is 19.5 Å². The molecule has 0 radical (unpaired) electrons. The van der Waals surface area contributed by atoms with Crippen LogP contribution in [0.2, 0.25) is 0 Å². The van der Waals surface area contributed by atoms with E-state index in [-0.39, 0.29) is 11.0 Å². The highest BCUT2D eigenvalue weighted by Crippen LogP contribution is 2.49. The van der Waals surface area contributed by atoms with E-state index in [2.05, 4.69) is 67.3 Å². The van der Waals surface area contributed by atoms with Crippen molar-refractivity contribution in [2.45, 2.75) is 65.2 Å². The summed E-state index contributed by atoms with van der Waals surface area (Å²) in [7, 11) is 0. The van der Waals surface area contributed by atoms with Crippen molar-refractivity contribution in [2.24, 2.45) is 5.41 Å². The SMILES string of the molecule is CCCCCC1(CCCCC)COc2c(/C=C/c3ccc(N(c4ccccc4)c4ccccc4)cc3)sc(/C=C(\C#N)C(=O)O)c2OC1. The Kier molecular flexibility index (Phi) is 12.1. The van der Waals surface area contributed by atoms with Crippen molar-refractivity contribution in [3.05, 3.63) is 106 Å². The maximum Gasteiger partial charge on any atom is 0.346 e. The zero-order valence-electron chi connectivity index (χ0n) is 27.9. The number of hydrogen-bond acceptors (Lipinski definition) is 6. The Morgan fingerprint density at radius 2 is 1.31 bits per heavy atom. The quantitative estimate of drug-likeness (QED) is 0.0776. The summed E-state index contributed by atoms with van der Waals surface area (Å²) in [4.78, 5) is 15.4. The van der Waals surface area contributed by atoms with Gasteiger partial charge in [0.2, 0.25) is 0 Å². The molecule has 7 heteroatoms. The van der Waals surface area contributed by atoms with E-state index < -0.39 is 5.97 Å². The first-order valence-electron chi connectivity index (χ1n) is 16.9. The molecule has 1 aliphatic rings. The molecule has 0 saturated heterocycles. The Bertz CT molecular complexity index is 1690. The normalized spacial score (nSPS) is 14.0. The zero-order valence-corrected chi connectivity index (χ0v) is 28.7. The summed E-state index contributed by atoms with van der Waals surface area (Å²) in [5.41, 5.74) is 3.74. The van der Waals surface area contributed by atoms with Gasteiger partial charge in [-0.2, -0.15) is 5.26 Å². The fourth-order valence-corrected chi connectivity index (χ4v) is 7.14. The number of ether oxygens (including phenoxy) is 2. The molecule has 0 fully saturated rings. The molecule has 0 saturated carbocycles. The van der Waals surface area contributed by atoms with E-state index >= 15 is 0 Å². The summed E-state index contributed by atoms with van der Waals surface area (Å²) in [5, 5.41) is 19.1. The fourth-order valence-electron chi connectivity index (χ4n) is 6.10. The number of nitrogens with zero attached hydrogens (tertiary/aromatic N) is 2. The van der Waals surface area contributed by atoms with Gasteiger partial charge in [-0.05, 0) is 67.0 Å². The van der Waals surface area contributed by atoms with Gasteiger partial charge in [0.1, 0.15) is 11.6 Å². The monoisotopic (exact) mass is 660 g/mol. The lowest BCUT2D eigenvalue weighted by Gasteiger charge is -2.31. The molecule has 6 nitrogen and oxygen atoms in total. The number of rotatable bonds is 15. The first-order chi connectivity index (χ1) is 23.5. The molecule has 5 rings (SSSR count). The molecule has 1 aromatic heterocycles. The largest absolute Gasteiger partial charge is 0.487 e. The summed E-state index contributed by atoms with van der Waals surface area (Å²) in [6.07, 6.45) is 14.3. The Hall–Kier alpha value is -4.80. The minimum absolute atomic E-state index is 0.118. The molecular weight excluding hydrogens is 617 g/mol. The highest BCUT2D eigenvalue weighted by atomic mass is 32.1. The molecular formula is C41H44N2O4S. The minimum atomic E-state index is -1.26. The lowest BCUT2D eigenvalue weighted by molar-refractivity contribution is -0.132. The Morgan fingerprint density at radius 1 is 0.792 bits per heavy atom. The van der Waals surface area contributed by atoms with Crippen LogP contribution in [-0.2, 0) is 4.79 Å². The molecule has 48 heavy (non-hydrogen) atoms. The summed E-state index contributed by atoms with van der Waals surface area (Å²) in [6.45, 7) is 5.47. The number of unbranched alkanes of at least 4 members (excludes halogenated alkanes) is 4. The van der Waals surface area contributed by atoms with Gasteiger partial charge in [0.05, 0.1) is 23.0 Å². The Morgan fingerprint density at radius 3 is 1.81 bits per heavy atom. The third-order valence-corrected chi connectivity index (χ3v) is 9.84. The second-order valence-electron chi connectivity index (χ2n) is 12.4. The predicted octanol–water partition coefficient (Wildman–Crippen LogP) is 11.3. The first kappa shape index (κ1) is 34.5. The van der Waals surface area contributed by atoms with Crippen LogP contribution in [0.5, 0.6) is 11.5 Å². The third kappa shape index (κ3) is 8.56. The van der Waals surface area contributed by atoms with Gasteiger partial charge >= 0.3 is 5.97 Å². The molecule has 0 aliphatic carbocycles. The molecule has 248 valence electrons. The molecule has 1 N–H and O–H groups in total. The van der Waals surface area contributed by atoms with Crippen molar-refractivity contribution in [1.82, 2.24) is 0 Å². The number of para-hydroxylation sites is 2. The van der Waals surface area contributed by atoms with E-state index in [0.717, 1.165) is 78.9 Å². The van der Waals surface area contributed by atoms with Crippen LogP contribution in [0.25, 0.3) is 18.2 Å². The second kappa shape index (κ2) is 16.9. The number of benzene rings is 3.